The van der Waals surface area contributed by atoms with Gasteiger partial charge in [0.1, 0.15) is 12.1 Å². The first-order valence-corrected chi connectivity index (χ1v) is 10.7. The minimum Gasteiger partial charge on any atom is -0.493 e. The van der Waals surface area contributed by atoms with Gasteiger partial charge in [0.05, 0.1) is 7.11 Å². The van der Waals surface area contributed by atoms with Crippen molar-refractivity contribution < 1.29 is 28.6 Å². The highest BCUT2D eigenvalue weighted by molar-refractivity contribution is 5.98. The maximum absolute atomic E-state index is 12.8. The number of ether oxygens (including phenoxy) is 3. The molecule has 1 heterocycles. The van der Waals surface area contributed by atoms with Crippen LogP contribution in [0.25, 0.3) is 0 Å². The molecule has 1 aliphatic carbocycles. The summed E-state index contributed by atoms with van der Waals surface area (Å²) in [5.41, 5.74) is 2.19. The fourth-order valence-corrected chi connectivity index (χ4v) is 3.70. The van der Waals surface area contributed by atoms with Gasteiger partial charge in [0.2, 0.25) is 5.75 Å². The molecule has 170 valence electrons. The van der Waals surface area contributed by atoms with E-state index in [2.05, 4.69) is 10.3 Å². The average Bonchev–Trinajstić information content (AvgIpc) is 3.09. The second-order valence-corrected chi connectivity index (χ2v) is 7.78. The number of hydrogen-bond donors (Lipinski definition) is 1. The molecule has 0 aliphatic heterocycles. The van der Waals surface area contributed by atoms with Crippen LogP contribution in [-0.2, 0) is 20.7 Å². The molecule has 8 heteroatoms. The Labute approximate surface area is 187 Å². The molecular formula is C24H28N2O6. The van der Waals surface area contributed by atoms with Crippen molar-refractivity contribution in [2.24, 2.45) is 0 Å². The summed E-state index contributed by atoms with van der Waals surface area (Å²) in [5.74, 6) is -1.53. The van der Waals surface area contributed by atoms with Gasteiger partial charge >= 0.3 is 11.9 Å². The first-order valence-electron chi connectivity index (χ1n) is 10.7. The number of esters is 2. The summed E-state index contributed by atoms with van der Waals surface area (Å²) in [5, 5.41) is 2.58. The van der Waals surface area contributed by atoms with E-state index < -0.39 is 23.9 Å². The predicted molar refractivity (Wildman–Crippen MR) is 117 cm³/mol. The Hall–Kier alpha value is -3.42. The molecule has 0 fully saturated rings. The highest BCUT2D eigenvalue weighted by Crippen LogP contribution is 2.35. The predicted octanol–water partition coefficient (Wildman–Crippen LogP) is 3.19. The molecule has 0 saturated heterocycles. The molecule has 8 nitrogen and oxygen atoms in total. The van der Waals surface area contributed by atoms with Gasteiger partial charge < -0.3 is 19.5 Å². The largest absolute Gasteiger partial charge is 0.493 e. The first-order chi connectivity index (χ1) is 15.3. The van der Waals surface area contributed by atoms with Crippen LogP contribution in [0.2, 0.25) is 0 Å². The van der Waals surface area contributed by atoms with E-state index in [0.717, 1.165) is 5.56 Å². The van der Waals surface area contributed by atoms with Crippen molar-refractivity contribution in [3.63, 3.8) is 0 Å². The number of aromatic nitrogens is 1. The van der Waals surface area contributed by atoms with Crippen molar-refractivity contribution in [1.82, 2.24) is 10.3 Å². The molecule has 32 heavy (non-hydrogen) atoms. The Kier molecular flexibility index (Phi) is 7.45. The fourth-order valence-electron chi connectivity index (χ4n) is 3.70. The van der Waals surface area contributed by atoms with Crippen LogP contribution in [0.5, 0.6) is 11.5 Å². The smallest absolute Gasteiger partial charge is 0.328 e. The lowest BCUT2D eigenvalue weighted by Crippen LogP contribution is -2.41. The molecule has 1 aliphatic rings. The number of amides is 1. The summed E-state index contributed by atoms with van der Waals surface area (Å²) < 4.78 is 16.2. The monoisotopic (exact) mass is 440 g/mol. The summed E-state index contributed by atoms with van der Waals surface area (Å²) in [6, 6.07) is 8.56. The van der Waals surface area contributed by atoms with Crippen molar-refractivity contribution in [3.05, 3.63) is 53.3 Å². The molecule has 3 atom stereocenters. The second-order valence-electron chi connectivity index (χ2n) is 7.78. The number of hydrogen-bond acceptors (Lipinski definition) is 7. The maximum Gasteiger partial charge on any atom is 0.328 e. The number of nitrogens with one attached hydrogen (secondary N) is 1. The molecule has 0 radical (unpaired) electrons. The van der Waals surface area contributed by atoms with E-state index in [1.165, 1.54) is 31.9 Å². The molecule has 0 saturated carbocycles. The van der Waals surface area contributed by atoms with Crippen LogP contribution >= 0.6 is 0 Å². The Morgan fingerprint density at radius 3 is 2.66 bits per heavy atom. The summed E-state index contributed by atoms with van der Waals surface area (Å²) in [6.45, 7) is 5.40. The summed E-state index contributed by atoms with van der Waals surface area (Å²) in [4.78, 5) is 41.5. The number of nitrogens with zero attached hydrogens (tertiary/aromatic N) is 1. The van der Waals surface area contributed by atoms with Crippen molar-refractivity contribution >= 4 is 17.8 Å². The number of fused-ring (bicyclic) bond motifs is 1. The number of methoxy groups -OCH3 is 1. The van der Waals surface area contributed by atoms with Gasteiger partial charge in [-0.15, -0.1) is 0 Å². The SMILES string of the molecule is CCCC(=O)Oc1c(OC)ccnc1C(=O)N[C@@H](C)C(=O)O[C@@H]1Cc2ccccc2[C@H]1C. The highest BCUT2D eigenvalue weighted by atomic mass is 16.6. The van der Waals surface area contributed by atoms with Gasteiger partial charge in [-0.05, 0) is 24.5 Å². The Morgan fingerprint density at radius 2 is 1.97 bits per heavy atom. The van der Waals surface area contributed by atoms with Gasteiger partial charge in [-0.2, -0.15) is 0 Å². The molecule has 1 N–H and O–H groups in total. The quantitative estimate of drug-likeness (QED) is 0.629. The van der Waals surface area contributed by atoms with Crippen LogP contribution in [0.4, 0.5) is 0 Å². The minimum absolute atomic E-state index is 0.0719. The van der Waals surface area contributed by atoms with Gasteiger partial charge in [0.25, 0.3) is 5.91 Å². The molecule has 0 unspecified atom stereocenters. The highest BCUT2D eigenvalue weighted by Gasteiger charge is 2.33. The normalized spacial score (nSPS) is 17.8. The van der Waals surface area contributed by atoms with Crippen LogP contribution in [0.3, 0.4) is 0 Å². The van der Waals surface area contributed by atoms with Crippen molar-refractivity contribution in [3.8, 4) is 11.5 Å². The molecule has 1 amide bonds. The lowest BCUT2D eigenvalue weighted by molar-refractivity contribution is -0.151. The number of carbonyl (C=O) groups is 3. The third-order valence-electron chi connectivity index (χ3n) is 5.47. The van der Waals surface area contributed by atoms with Crippen LogP contribution in [0.15, 0.2) is 36.5 Å². The van der Waals surface area contributed by atoms with Gasteiger partial charge in [-0.1, -0.05) is 38.1 Å². The number of pyridine rings is 1. The van der Waals surface area contributed by atoms with E-state index in [1.807, 2.05) is 38.1 Å². The molecule has 1 aromatic carbocycles. The molecule has 2 aromatic rings. The van der Waals surface area contributed by atoms with Crippen LogP contribution < -0.4 is 14.8 Å². The Morgan fingerprint density at radius 1 is 1.22 bits per heavy atom. The van der Waals surface area contributed by atoms with Crippen molar-refractivity contribution in [2.75, 3.05) is 7.11 Å². The number of rotatable bonds is 8. The third kappa shape index (κ3) is 5.07. The van der Waals surface area contributed by atoms with E-state index in [0.29, 0.717) is 12.8 Å². The molecule has 3 rings (SSSR count). The first kappa shape index (κ1) is 23.2. The Bertz CT molecular complexity index is 1010. The zero-order valence-electron chi connectivity index (χ0n) is 18.7. The average molecular weight is 440 g/mol. The van der Waals surface area contributed by atoms with Gasteiger partial charge in [0.15, 0.2) is 11.4 Å². The van der Waals surface area contributed by atoms with Crippen molar-refractivity contribution in [1.29, 1.82) is 0 Å². The third-order valence-corrected chi connectivity index (χ3v) is 5.47. The van der Waals surface area contributed by atoms with Crippen LogP contribution in [0.1, 0.15) is 61.1 Å². The summed E-state index contributed by atoms with van der Waals surface area (Å²) >= 11 is 0. The standard InChI is InChI=1S/C24H28N2O6/c1-5-8-20(27)32-22-18(30-4)11-12-25-21(22)23(28)26-15(3)24(29)31-19-13-16-9-6-7-10-17(16)14(19)2/h6-7,9-12,14-15,19H,5,8,13H2,1-4H3,(H,26,28)/t14-,15+,19-/m1/s1. The van der Waals surface area contributed by atoms with E-state index in [1.54, 1.807) is 0 Å². The van der Waals surface area contributed by atoms with Gasteiger partial charge in [0, 0.05) is 31.0 Å². The van der Waals surface area contributed by atoms with E-state index in [4.69, 9.17) is 14.2 Å². The molecule has 0 bridgehead atoms. The van der Waals surface area contributed by atoms with Gasteiger partial charge in [-0.25, -0.2) is 9.78 Å². The summed E-state index contributed by atoms with van der Waals surface area (Å²) in [7, 11) is 1.40. The molecule has 1 aromatic heterocycles. The fraction of sp³-hybridized carbons (Fsp3) is 0.417. The maximum atomic E-state index is 12.8. The van der Waals surface area contributed by atoms with E-state index in [9.17, 15) is 14.4 Å². The topological polar surface area (TPSA) is 104 Å². The number of carbonyl (C=O) groups excluding carboxylic acids is 3. The van der Waals surface area contributed by atoms with E-state index >= 15 is 0 Å². The summed E-state index contributed by atoms with van der Waals surface area (Å²) in [6.07, 6.45) is 2.49. The number of benzene rings is 1. The lowest BCUT2D eigenvalue weighted by atomic mass is 10.0. The molecular weight excluding hydrogens is 412 g/mol. The lowest BCUT2D eigenvalue weighted by Gasteiger charge is -2.20. The van der Waals surface area contributed by atoms with Crippen LogP contribution in [0, 0.1) is 0 Å². The minimum atomic E-state index is -0.925. The van der Waals surface area contributed by atoms with Gasteiger partial charge in [-0.3, -0.25) is 9.59 Å². The zero-order valence-corrected chi connectivity index (χ0v) is 18.7. The second kappa shape index (κ2) is 10.3. The molecule has 0 spiro atoms. The van der Waals surface area contributed by atoms with Crippen LogP contribution in [-0.4, -0.2) is 42.1 Å². The van der Waals surface area contributed by atoms with E-state index in [-0.39, 0.29) is 35.6 Å². The Balaban J connectivity index is 1.68. The zero-order chi connectivity index (χ0) is 23.3. The van der Waals surface area contributed by atoms with Crippen molar-refractivity contribution in [2.45, 2.75) is 58.1 Å².